The minimum atomic E-state index is 0.0223. The summed E-state index contributed by atoms with van der Waals surface area (Å²) in [6.45, 7) is 1.67. The number of hydrogen-bond acceptors (Lipinski definition) is 6. The van der Waals surface area contributed by atoms with Crippen molar-refractivity contribution in [1.29, 1.82) is 0 Å². The van der Waals surface area contributed by atoms with E-state index in [1.807, 2.05) is 29.3 Å². The Morgan fingerprint density at radius 3 is 2.67 bits per heavy atom. The van der Waals surface area contributed by atoms with Gasteiger partial charge in [0.25, 0.3) is 5.91 Å². The van der Waals surface area contributed by atoms with E-state index < -0.39 is 0 Å². The molecule has 0 radical (unpaired) electrons. The molecule has 9 nitrogen and oxygen atoms in total. The Bertz CT molecular complexity index is 1630. The van der Waals surface area contributed by atoms with Crippen molar-refractivity contribution in [2.75, 3.05) is 20.8 Å². The summed E-state index contributed by atoms with van der Waals surface area (Å²) in [6.07, 6.45) is 8.52. The summed E-state index contributed by atoms with van der Waals surface area (Å²) in [5.74, 6) is 2.68. The van der Waals surface area contributed by atoms with Crippen LogP contribution >= 0.6 is 0 Å². The molecule has 4 aromatic rings. The van der Waals surface area contributed by atoms with E-state index in [4.69, 9.17) is 25.2 Å². The monoisotopic (exact) mass is 540 g/mol. The van der Waals surface area contributed by atoms with Crippen LogP contribution in [0.1, 0.15) is 54.9 Å². The first-order chi connectivity index (χ1) is 19.5. The first kappa shape index (κ1) is 24.4. The third-order valence-corrected chi connectivity index (χ3v) is 9.92. The first-order valence-corrected chi connectivity index (χ1v) is 14.7. The highest BCUT2D eigenvalue weighted by Crippen LogP contribution is 2.45. The molecule has 2 N–H and O–H groups in total. The molecule has 0 unspecified atom stereocenters. The molecular formula is C31H36N6O3. The van der Waals surface area contributed by atoms with Gasteiger partial charge in [0.1, 0.15) is 16.9 Å². The second kappa shape index (κ2) is 9.04. The molecule has 3 atom stereocenters. The second-order valence-electron chi connectivity index (χ2n) is 12.3. The van der Waals surface area contributed by atoms with Gasteiger partial charge < -0.3 is 29.2 Å². The highest BCUT2D eigenvalue weighted by Gasteiger charge is 2.47. The number of amides is 1. The standard InChI is InChI=1S/C31H36N6O3/c1-39-22-13-21(14-22)37-28-23(10-20(12-26(28)40-2)31(38)36-16-19-7-8-24(36)27(19)32)34-30(37)25-11-18-4-3-9-33-29(18)35(25)15-17-5-6-17/h3-4,9-12,17,19,21-22,24,27H,5-8,13-16,32H2,1-2H3/t19-,21?,22?,24-,27-/m1/s1. The normalized spacial score (nSPS) is 27.6. The SMILES string of the molecule is COc1cc(C(=O)N2C[C@H]3CC[C@@H]2[C@@H]3N)cc2nc(-c3cc4cccnc4n3CC3CC3)n(C3CC(OC)C3)c12. The van der Waals surface area contributed by atoms with Crippen LogP contribution in [0.4, 0.5) is 0 Å². The van der Waals surface area contributed by atoms with Crippen LogP contribution < -0.4 is 10.5 Å². The van der Waals surface area contributed by atoms with Crippen molar-refractivity contribution in [3.8, 4) is 17.3 Å². The number of rotatable bonds is 7. The number of nitrogens with two attached hydrogens (primary N) is 1. The number of nitrogens with zero attached hydrogens (tertiary/aromatic N) is 5. The first-order valence-electron chi connectivity index (χ1n) is 14.7. The van der Waals surface area contributed by atoms with Gasteiger partial charge in [0.2, 0.25) is 0 Å². The smallest absolute Gasteiger partial charge is 0.254 e. The number of piperidine rings is 1. The van der Waals surface area contributed by atoms with Crippen molar-refractivity contribution in [3.05, 3.63) is 42.1 Å². The molecule has 1 amide bonds. The third kappa shape index (κ3) is 3.63. The molecule has 1 aromatic carbocycles. The number of carbonyl (C=O) groups is 1. The maximum atomic E-state index is 13.8. The van der Waals surface area contributed by atoms with Gasteiger partial charge in [0.05, 0.1) is 24.4 Å². The van der Waals surface area contributed by atoms with E-state index in [1.165, 1.54) is 12.8 Å². The summed E-state index contributed by atoms with van der Waals surface area (Å²) in [4.78, 5) is 25.8. The van der Waals surface area contributed by atoms with Gasteiger partial charge in [0.15, 0.2) is 5.82 Å². The van der Waals surface area contributed by atoms with Crippen molar-refractivity contribution in [2.24, 2.45) is 17.6 Å². The minimum Gasteiger partial charge on any atom is -0.494 e. The fraction of sp³-hybridized carbons (Fsp3) is 0.516. The average Bonchev–Trinajstić information content (AvgIpc) is 3.29. The fourth-order valence-electron chi connectivity index (χ4n) is 7.41. The van der Waals surface area contributed by atoms with E-state index in [0.717, 1.165) is 72.4 Å². The lowest BCUT2D eigenvalue weighted by atomic mass is 9.88. The van der Waals surface area contributed by atoms with Crippen molar-refractivity contribution in [2.45, 2.75) is 69.3 Å². The summed E-state index contributed by atoms with van der Waals surface area (Å²) < 4.78 is 16.3. The molecule has 4 fully saturated rings. The molecule has 3 aromatic heterocycles. The number of hydrogen-bond donors (Lipinski definition) is 1. The van der Waals surface area contributed by atoms with Gasteiger partial charge in [-0.05, 0) is 80.7 Å². The Morgan fingerprint density at radius 2 is 1.98 bits per heavy atom. The predicted molar refractivity (Wildman–Crippen MR) is 152 cm³/mol. The third-order valence-electron chi connectivity index (χ3n) is 9.92. The van der Waals surface area contributed by atoms with E-state index in [1.54, 1.807) is 14.2 Å². The van der Waals surface area contributed by atoms with E-state index in [0.29, 0.717) is 23.1 Å². The van der Waals surface area contributed by atoms with Gasteiger partial charge in [-0.2, -0.15) is 0 Å². The summed E-state index contributed by atoms with van der Waals surface area (Å²) >= 11 is 0. The van der Waals surface area contributed by atoms with Gasteiger partial charge in [-0.3, -0.25) is 4.79 Å². The number of fused-ring (bicyclic) bond motifs is 4. The lowest BCUT2D eigenvalue weighted by Crippen LogP contribution is -2.41. The van der Waals surface area contributed by atoms with Crippen molar-refractivity contribution in [1.82, 2.24) is 24.0 Å². The van der Waals surface area contributed by atoms with Crippen molar-refractivity contribution < 1.29 is 14.3 Å². The molecule has 0 spiro atoms. The second-order valence-corrected chi connectivity index (χ2v) is 12.3. The summed E-state index contributed by atoms with van der Waals surface area (Å²) in [6, 6.07) is 10.6. The van der Waals surface area contributed by atoms with Crippen LogP contribution in [0.15, 0.2) is 36.5 Å². The average molecular weight is 541 g/mol. The molecule has 9 heteroatoms. The van der Waals surface area contributed by atoms with Crippen LogP contribution in [0, 0.1) is 11.8 Å². The Morgan fingerprint density at radius 1 is 1.12 bits per heavy atom. The van der Waals surface area contributed by atoms with Crippen molar-refractivity contribution >= 4 is 28.0 Å². The molecule has 4 heterocycles. The maximum absolute atomic E-state index is 13.8. The number of ether oxygens (including phenoxy) is 2. The molecule has 8 rings (SSSR count). The Kier molecular flexibility index (Phi) is 5.51. The number of imidazole rings is 1. The molecule has 2 bridgehead atoms. The zero-order chi connectivity index (χ0) is 27.1. The summed E-state index contributed by atoms with van der Waals surface area (Å²) in [5.41, 5.74) is 10.8. The number of methoxy groups -OCH3 is 2. The number of aromatic nitrogens is 4. The number of benzene rings is 1. The minimum absolute atomic E-state index is 0.0223. The van der Waals surface area contributed by atoms with Gasteiger partial charge >= 0.3 is 0 Å². The van der Waals surface area contributed by atoms with E-state index in [2.05, 4.69) is 21.3 Å². The van der Waals surface area contributed by atoms with Gasteiger partial charge in [-0.1, -0.05) is 0 Å². The fourth-order valence-corrected chi connectivity index (χ4v) is 7.41. The van der Waals surface area contributed by atoms with Crippen LogP contribution in [0.5, 0.6) is 5.75 Å². The molecule has 4 aliphatic rings. The zero-order valence-corrected chi connectivity index (χ0v) is 23.1. The molecule has 208 valence electrons. The van der Waals surface area contributed by atoms with Gasteiger partial charge in [-0.25, -0.2) is 9.97 Å². The number of pyridine rings is 1. The zero-order valence-electron chi connectivity index (χ0n) is 23.1. The van der Waals surface area contributed by atoms with E-state index in [9.17, 15) is 4.79 Å². The molecule has 1 saturated heterocycles. The molecule has 3 saturated carbocycles. The predicted octanol–water partition coefficient (Wildman–Crippen LogP) is 4.38. The molecule has 1 aliphatic heterocycles. The van der Waals surface area contributed by atoms with E-state index in [-0.39, 0.29) is 30.1 Å². The Hall–Kier alpha value is -3.43. The Balaban J connectivity index is 1.29. The van der Waals surface area contributed by atoms with Gasteiger partial charge in [-0.15, -0.1) is 0 Å². The topological polar surface area (TPSA) is 100 Å². The quantitative estimate of drug-likeness (QED) is 0.373. The molecule has 40 heavy (non-hydrogen) atoms. The van der Waals surface area contributed by atoms with E-state index >= 15 is 0 Å². The lowest BCUT2D eigenvalue weighted by molar-refractivity contribution is 0.00771. The summed E-state index contributed by atoms with van der Waals surface area (Å²) in [5, 5.41) is 1.11. The summed E-state index contributed by atoms with van der Waals surface area (Å²) in [7, 11) is 3.46. The van der Waals surface area contributed by atoms with Crippen LogP contribution in [0.3, 0.4) is 0 Å². The largest absolute Gasteiger partial charge is 0.494 e. The molecular weight excluding hydrogens is 504 g/mol. The van der Waals surface area contributed by atoms with Crippen LogP contribution in [-0.4, -0.2) is 68.9 Å². The van der Waals surface area contributed by atoms with Crippen molar-refractivity contribution in [3.63, 3.8) is 0 Å². The lowest BCUT2D eigenvalue weighted by Gasteiger charge is -2.36. The Labute approximate surface area is 233 Å². The van der Waals surface area contributed by atoms with Crippen LogP contribution in [-0.2, 0) is 11.3 Å². The number of likely N-dealkylation sites (tertiary alicyclic amines) is 1. The van der Waals surface area contributed by atoms with Crippen LogP contribution in [0.25, 0.3) is 33.6 Å². The maximum Gasteiger partial charge on any atom is 0.254 e. The van der Waals surface area contributed by atoms with Crippen LogP contribution in [0.2, 0.25) is 0 Å². The number of carbonyl (C=O) groups excluding carboxylic acids is 1. The van der Waals surface area contributed by atoms with Gasteiger partial charge in [0, 0.05) is 55.5 Å². The highest BCUT2D eigenvalue weighted by atomic mass is 16.5. The molecule has 3 aliphatic carbocycles. The highest BCUT2D eigenvalue weighted by molar-refractivity contribution is 6.00.